The monoisotopic (exact) mass is 271 g/mol. The minimum absolute atomic E-state index is 0.0218. The molecule has 1 aromatic carbocycles. The van der Waals surface area contributed by atoms with E-state index in [1.54, 1.807) is 7.05 Å². The molecule has 0 atom stereocenters. The largest absolute Gasteiger partial charge is 0.506 e. The van der Waals surface area contributed by atoms with Gasteiger partial charge >= 0.3 is 5.97 Å². The van der Waals surface area contributed by atoms with Crippen LogP contribution in [0.3, 0.4) is 0 Å². The van der Waals surface area contributed by atoms with Gasteiger partial charge in [-0.15, -0.1) is 0 Å². The number of aliphatic carboxylic acids is 1. The fourth-order valence-corrected chi connectivity index (χ4v) is 1.61. The number of phenolic OH excluding ortho intramolecular Hbond substituents is 1. The predicted molar refractivity (Wildman–Crippen MR) is 66.9 cm³/mol. The molecule has 0 saturated heterocycles. The minimum atomic E-state index is -0.886. The molecule has 6 heteroatoms. The van der Waals surface area contributed by atoms with E-state index in [4.69, 9.17) is 16.7 Å². The molecule has 5 nitrogen and oxygen atoms in total. The fraction of sp³-hybridized carbons (Fsp3) is 0.333. The maximum atomic E-state index is 11.9. The van der Waals surface area contributed by atoms with Crippen LogP contribution < -0.4 is 0 Å². The van der Waals surface area contributed by atoms with Gasteiger partial charge < -0.3 is 15.1 Å². The molecule has 2 N–H and O–H groups in total. The lowest BCUT2D eigenvalue weighted by molar-refractivity contribution is -0.137. The van der Waals surface area contributed by atoms with Gasteiger partial charge in [-0.2, -0.15) is 0 Å². The topological polar surface area (TPSA) is 77.8 Å². The molecule has 98 valence electrons. The second-order valence-corrected chi connectivity index (χ2v) is 4.30. The van der Waals surface area contributed by atoms with Crippen molar-refractivity contribution in [1.29, 1.82) is 0 Å². The van der Waals surface area contributed by atoms with Crippen LogP contribution in [0.15, 0.2) is 18.2 Å². The van der Waals surface area contributed by atoms with Crippen LogP contribution in [0.5, 0.6) is 5.75 Å². The van der Waals surface area contributed by atoms with Gasteiger partial charge in [0.1, 0.15) is 5.75 Å². The number of halogens is 1. The smallest absolute Gasteiger partial charge is 0.303 e. The zero-order chi connectivity index (χ0) is 13.7. The molecule has 1 aromatic rings. The van der Waals surface area contributed by atoms with Crippen molar-refractivity contribution in [1.82, 2.24) is 4.90 Å². The number of carbonyl (C=O) groups is 2. The summed E-state index contributed by atoms with van der Waals surface area (Å²) >= 11 is 5.71. The van der Waals surface area contributed by atoms with Gasteiger partial charge in [0.25, 0.3) is 5.91 Å². The minimum Gasteiger partial charge on any atom is -0.506 e. The average Bonchev–Trinajstić information content (AvgIpc) is 2.31. The van der Waals surface area contributed by atoms with Crippen LogP contribution in [0.2, 0.25) is 5.02 Å². The van der Waals surface area contributed by atoms with Crippen molar-refractivity contribution in [3.8, 4) is 5.75 Å². The molecule has 0 aromatic heterocycles. The molecule has 0 bridgehead atoms. The molecule has 0 aliphatic carbocycles. The third kappa shape index (κ3) is 3.92. The number of carbonyl (C=O) groups excluding carboxylic acids is 1. The SMILES string of the molecule is CN(CCCC(=O)O)C(=O)c1ccc(O)c(Cl)c1. The second-order valence-electron chi connectivity index (χ2n) is 3.89. The molecule has 0 unspecified atom stereocenters. The number of nitrogens with zero attached hydrogens (tertiary/aromatic N) is 1. The Morgan fingerprint density at radius 1 is 1.39 bits per heavy atom. The van der Waals surface area contributed by atoms with Crippen molar-refractivity contribution in [3.05, 3.63) is 28.8 Å². The molecule has 18 heavy (non-hydrogen) atoms. The first-order valence-electron chi connectivity index (χ1n) is 5.37. The first-order chi connectivity index (χ1) is 8.41. The lowest BCUT2D eigenvalue weighted by Gasteiger charge is -2.16. The summed E-state index contributed by atoms with van der Waals surface area (Å²) in [6.07, 6.45) is 0.414. The molecule has 0 aliphatic heterocycles. The van der Waals surface area contributed by atoms with Crippen LogP contribution in [0.1, 0.15) is 23.2 Å². The Morgan fingerprint density at radius 3 is 2.61 bits per heavy atom. The highest BCUT2D eigenvalue weighted by Crippen LogP contribution is 2.24. The van der Waals surface area contributed by atoms with E-state index in [9.17, 15) is 14.7 Å². The molecule has 1 amide bonds. The Morgan fingerprint density at radius 2 is 2.06 bits per heavy atom. The molecule has 0 heterocycles. The Labute approximate surface area is 110 Å². The molecule has 1 rings (SSSR count). The zero-order valence-corrected chi connectivity index (χ0v) is 10.6. The Bertz CT molecular complexity index is 461. The van der Waals surface area contributed by atoms with Crippen molar-refractivity contribution in [2.75, 3.05) is 13.6 Å². The number of hydrogen-bond acceptors (Lipinski definition) is 3. The van der Waals surface area contributed by atoms with Crippen molar-refractivity contribution < 1.29 is 19.8 Å². The summed E-state index contributed by atoms with van der Waals surface area (Å²) in [4.78, 5) is 23.7. The van der Waals surface area contributed by atoms with Crippen LogP contribution in [-0.4, -0.2) is 40.6 Å². The van der Waals surface area contributed by atoms with Gasteiger partial charge in [0, 0.05) is 25.6 Å². The first-order valence-corrected chi connectivity index (χ1v) is 5.75. The summed E-state index contributed by atoms with van der Waals surface area (Å²) in [5, 5.41) is 17.9. The summed E-state index contributed by atoms with van der Waals surface area (Å²) in [5.41, 5.74) is 0.357. The van der Waals surface area contributed by atoms with E-state index >= 15 is 0 Å². The Balaban J connectivity index is 2.62. The standard InChI is InChI=1S/C12H14ClNO4/c1-14(6-2-3-11(16)17)12(18)8-4-5-10(15)9(13)7-8/h4-5,7,15H,2-3,6H2,1H3,(H,16,17). The van der Waals surface area contributed by atoms with Crippen LogP contribution in [0, 0.1) is 0 Å². The summed E-state index contributed by atoms with van der Waals surface area (Å²) in [6, 6.07) is 4.20. The van der Waals surface area contributed by atoms with Crippen molar-refractivity contribution >= 4 is 23.5 Å². The van der Waals surface area contributed by atoms with E-state index in [1.807, 2.05) is 0 Å². The summed E-state index contributed by atoms with van der Waals surface area (Å²) in [5.74, 6) is -1.23. The second kappa shape index (κ2) is 6.26. The number of amides is 1. The van der Waals surface area contributed by atoms with Crippen molar-refractivity contribution in [3.63, 3.8) is 0 Å². The van der Waals surface area contributed by atoms with Gasteiger partial charge in [0.15, 0.2) is 0 Å². The Kier molecular flexibility index (Phi) is 4.97. The maximum Gasteiger partial charge on any atom is 0.303 e. The van der Waals surface area contributed by atoms with Crippen molar-refractivity contribution in [2.45, 2.75) is 12.8 Å². The summed E-state index contributed by atoms with van der Waals surface area (Å²) < 4.78 is 0. The number of phenols is 1. The first kappa shape index (κ1) is 14.3. The number of aromatic hydroxyl groups is 1. The highest BCUT2D eigenvalue weighted by molar-refractivity contribution is 6.32. The zero-order valence-electron chi connectivity index (χ0n) is 9.89. The van der Waals surface area contributed by atoms with E-state index in [0.29, 0.717) is 18.5 Å². The molecule has 0 spiro atoms. The number of hydrogen-bond donors (Lipinski definition) is 2. The van der Waals surface area contributed by atoms with Crippen molar-refractivity contribution in [2.24, 2.45) is 0 Å². The number of rotatable bonds is 5. The van der Waals surface area contributed by atoms with Gasteiger partial charge in [-0.3, -0.25) is 9.59 Å². The van der Waals surface area contributed by atoms with Gasteiger partial charge in [-0.05, 0) is 24.6 Å². The van der Waals surface area contributed by atoms with E-state index in [1.165, 1.54) is 23.1 Å². The van der Waals surface area contributed by atoms with Crippen LogP contribution >= 0.6 is 11.6 Å². The van der Waals surface area contributed by atoms with Gasteiger partial charge in [-0.1, -0.05) is 11.6 Å². The molecule has 0 fully saturated rings. The third-order valence-corrected chi connectivity index (χ3v) is 2.73. The normalized spacial score (nSPS) is 10.1. The third-order valence-electron chi connectivity index (χ3n) is 2.43. The molecular formula is C12H14ClNO4. The average molecular weight is 272 g/mol. The van der Waals surface area contributed by atoms with Gasteiger partial charge in [0.05, 0.1) is 5.02 Å². The predicted octanol–water partition coefficient (Wildman–Crippen LogP) is 1.98. The maximum absolute atomic E-state index is 11.9. The lowest BCUT2D eigenvalue weighted by atomic mass is 10.2. The molecule has 0 saturated carbocycles. The fourth-order valence-electron chi connectivity index (χ4n) is 1.43. The summed E-state index contributed by atoms with van der Waals surface area (Å²) in [7, 11) is 1.59. The summed E-state index contributed by atoms with van der Waals surface area (Å²) in [6.45, 7) is 0.351. The van der Waals surface area contributed by atoms with Crippen LogP contribution in [0.4, 0.5) is 0 Å². The highest BCUT2D eigenvalue weighted by atomic mass is 35.5. The number of carboxylic acids is 1. The molecule has 0 radical (unpaired) electrons. The van der Waals surface area contributed by atoms with Crippen LogP contribution in [-0.2, 0) is 4.79 Å². The van der Waals surface area contributed by atoms with Gasteiger partial charge in [0.2, 0.25) is 0 Å². The molecule has 0 aliphatic rings. The van der Waals surface area contributed by atoms with E-state index < -0.39 is 5.97 Å². The highest BCUT2D eigenvalue weighted by Gasteiger charge is 2.13. The number of carboxylic acid groups (broad SMARTS) is 1. The lowest BCUT2D eigenvalue weighted by Crippen LogP contribution is -2.28. The van der Waals surface area contributed by atoms with Crippen LogP contribution in [0.25, 0.3) is 0 Å². The van der Waals surface area contributed by atoms with E-state index in [2.05, 4.69) is 0 Å². The number of benzene rings is 1. The molecular weight excluding hydrogens is 258 g/mol. The quantitative estimate of drug-likeness (QED) is 0.858. The van der Waals surface area contributed by atoms with Gasteiger partial charge in [-0.25, -0.2) is 0 Å². The Hall–Kier alpha value is -1.75. The van der Waals surface area contributed by atoms with E-state index in [0.717, 1.165) is 0 Å². The van der Waals surface area contributed by atoms with E-state index in [-0.39, 0.29) is 23.1 Å².